The van der Waals surface area contributed by atoms with E-state index < -0.39 is 71.9 Å². The maximum absolute atomic E-state index is 13.5. The first-order chi connectivity index (χ1) is 29.1. The van der Waals surface area contributed by atoms with E-state index in [1.165, 1.54) is 29.2 Å². The van der Waals surface area contributed by atoms with Gasteiger partial charge in [-0.3, -0.25) is 24.0 Å². The molecule has 0 aliphatic carbocycles. The van der Waals surface area contributed by atoms with Crippen LogP contribution in [0.3, 0.4) is 0 Å². The maximum atomic E-state index is 13.5. The molecule has 0 bridgehead atoms. The van der Waals surface area contributed by atoms with E-state index in [9.17, 15) is 55.5 Å². The summed E-state index contributed by atoms with van der Waals surface area (Å²) in [6.07, 6.45) is -1.60. The molecule has 0 saturated carbocycles. The number of halogens is 5. The number of primary amides is 1. The first-order valence-electron chi connectivity index (χ1n) is 20.1. The van der Waals surface area contributed by atoms with Crippen LogP contribution in [0, 0.1) is 24.5 Å². The van der Waals surface area contributed by atoms with E-state index >= 15 is 0 Å². The molecule has 16 nitrogen and oxygen atoms in total. The van der Waals surface area contributed by atoms with E-state index in [4.69, 9.17) is 10.5 Å². The fourth-order valence-electron chi connectivity index (χ4n) is 7.57. The minimum absolute atomic E-state index is 0.0218. The second-order valence-corrected chi connectivity index (χ2v) is 15.6. The third-order valence-corrected chi connectivity index (χ3v) is 10.3. The summed E-state index contributed by atoms with van der Waals surface area (Å²) in [4.78, 5) is 92.2. The molecular weight excluding hydrogens is 829 g/mol. The van der Waals surface area contributed by atoms with Gasteiger partial charge in [0.2, 0.25) is 29.5 Å². The molecule has 4 saturated heterocycles. The van der Waals surface area contributed by atoms with Crippen molar-refractivity contribution >= 4 is 47.2 Å². The minimum atomic E-state index is -4.77. The van der Waals surface area contributed by atoms with Crippen LogP contribution in [0.2, 0.25) is 0 Å². The standard InChI is InChI=1S/C24H36N4O6.C10H10F3N3O3.C7H6F2/c1-14-11-19-24(33)34-15(2)12-20(29)26-10-6-8-18(26)23(32)27-9-5-4-7-17(27)21(30)25-16(3)22(31)28(19)13-14;11-10(12,13)19-7-3-1-6(2-4-7)16-9(18)15-5-8(14)17;1-5-2-6(8)4-7(9)3-5/h14-19H,4-13H2,1-3H3,(H,25,30);1-4H,5H2,(H2,14,17)(H2,15,16,18);2-4H,1H3. The number of amides is 7. The number of carbonyl (C=O) groups excluding carboxylic acids is 7. The molecule has 6 unspecified atom stereocenters. The van der Waals surface area contributed by atoms with Crippen LogP contribution in [0.1, 0.15) is 71.3 Å². The van der Waals surface area contributed by atoms with Gasteiger partial charge in [-0.1, -0.05) is 6.92 Å². The van der Waals surface area contributed by atoms with Crippen molar-refractivity contribution in [3.05, 3.63) is 59.7 Å². The quantitative estimate of drug-likeness (QED) is 0.259. The van der Waals surface area contributed by atoms with Crippen molar-refractivity contribution in [2.75, 3.05) is 31.5 Å². The molecule has 5 N–H and O–H groups in total. The van der Waals surface area contributed by atoms with Crippen molar-refractivity contribution < 1.29 is 65.0 Å². The number of alkyl halides is 3. The minimum Gasteiger partial charge on any atom is -0.461 e. The Balaban J connectivity index is 0.000000251. The number of hydrogen-bond donors (Lipinski definition) is 4. The Hall–Kier alpha value is -6.02. The Bertz CT molecular complexity index is 1900. The predicted octanol–water partition coefficient (Wildman–Crippen LogP) is 3.90. The molecule has 0 spiro atoms. The van der Waals surface area contributed by atoms with Crippen LogP contribution in [0.4, 0.5) is 32.4 Å². The molecule has 6 rings (SSSR count). The molecule has 7 amide bonds. The lowest BCUT2D eigenvalue weighted by Gasteiger charge is -2.38. The van der Waals surface area contributed by atoms with Gasteiger partial charge in [0, 0.05) is 31.4 Å². The number of hydrogen-bond acceptors (Lipinski definition) is 9. The second-order valence-electron chi connectivity index (χ2n) is 15.6. The van der Waals surface area contributed by atoms with Crippen molar-refractivity contribution in [1.29, 1.82) is 0 Å². The molecule has 4 fully saturated rings. The van der Waals surface area contributed by atoms with Crippen LogP contribution < -0.4 is 26.4 Å². The van der Waals surface area contributed by atoms with Gasteiger partial charge in [-0.05, 0) is 107 Å². The summed E-state index contributed by atoms with van der Waals surface area (Å²) in [5, 5.41) is 7.23. The monoisotopic (exact) mass is 881 g/mol. The highest BCUT2D eigenvalue weighted by Crippen LogP contribution is 2.29. The Morgan fingerprint density at radius 3 is 2.10 bits per heavy atom. The predicted molar refractivity (Wildman–Crippen MR) is 212 cm³/mol. The van der Waals surface area contributed by atoms with E-state index in [0.717, 1.165) is 31.0 Å². The van der Waals surface area contributed by atoms with Crippen molar-refractivity contribution in [1.82, 2.24) is 25.3 Å². The van der Waals surface area contributed by atoms with Gasteiger partial charge in [0.05, 0.1) is 13.0 Å². The summed E-state index contributed by atoms with van der Waals surface area (Å²) >= 11 is 0. The number of cyclic esters (lactones) is 1. The van der Waals surface area contributed by atoms with E-state index in [0.29, 0.717) is 50.9 Å². The zero-order chi connectivity index (χ0) is 45.9. The molecule has 2 aromatic carbocycles. The first kappa shape index (κ1) is 48.6. The maximum Gasteiger partial charge on any atom is 0.573 e. The summed E-state index contributed by atoms with van der Waals surface area (Å²) in [6.45, 7) is 7.87. The lowest BCUT2D eigenvalue weighted by atomic mass is 9.99. The van der Waals surface area contributed by atoms with E-state index in [-0.39, 0.29) is 48.2 Å². The molecule has 4 aliphatic rings. The van der Waals surface area contributed by atoms with Crippen LogP contribution in [0.15, 0.2) is 42.5 Å². The summed E-state index contributed by atoms with van der Waals surface area (Å²) < 4.78 is 69.3. The zero-order valence-corrected chi connectivity index (χ0v) is 34.8. The van der Waals surface area contributed by atoms with Crippen molar-refractivity contribution in [2.24, 2.45) is 11.7 Å². The smallest absolute Gasteiger partial charge is 0.461 e. The van der Waals surface area contributed by atoms with Gasteiger partial charge in [-0.25, -0.2) is 18.4 Å². The van der Waals surface area contributed by atoms with Gasteiger partial charge in [-0.15, -0.1) is 13.2 Å². The van der Waals surface area contributed by atoms with Crippen molar-refractivity contribution in [2.45, 2.75) is 109 Å². The first-order valence-corrected chi connectivity index (χ1v) is 20.1. The number of fused-ring (bicyclic) bond motifs is 3. The van der Waals surface area contributed by atoms with E-state index in [1.807, 2.05) is 6.92 Å². The number of esters is 1. The number of nitrogens with zero attached hydrogens (tertiary/aromatic N) is 3. The van der Waals surface area contributed by atoms with Gasteiger partial charge >= 0.3 is 18.4 Å². The van der Waals surface area contributed by atoms with Gasteiger partial charge in [0.15, 0.2) is 0 Å². The number of aryl methyl sites for hydroxylation is 1. The molecule has 6 atom stereocenters. The number of rotatable bonds is 4. The van der Waals surface area contributed by atoms with Crippen molar-refractivity contribution in [3.63, 3.8) is 0 Å². The summed E-state index contributed by atoms with van der Waals surface area (Å²) in [7, 11) is 0. The van der Waals surface area contributed by atoms with Crippen LogP contribution in [-0.4, -0.2) is 119 Å². The highest BCUT2D eigenvalue weighted by atomic mass is 19.4. The highest BCUT2D eigenvalue weighted by Gasteiger charge is 2.44. The summed E-state index contributed by atoms with van der Waals surface area (Å²) in [6, 6.07) is 4.37. The third kappa shape index (κ3) is 14.3. The largest absolute Gasteiger partial charge is 0.573 e. The number of anilines is 1. The fraction of sp³-hybridized carbons (Fsp3) is 0.537. The summed E-state index contributed by atoms with van der Waals surface area (Å²) in [5.41, 5.74) is 5.65. The van der Waals surface area contributed by atoms with Crippen LogP contribution in [-0.2, 0) is 33.5 Å². The Labute approximate surface area is 355 Å². The third-order valence-electron chi connectivity index (χ3n) is 10.3. The normalized spacial score (nSPS) is 24.5. The lowest BCUT2D eigenvalue weighted by molar-refractivity contribution is -0.274. The number of ether oxygens (including phenoxy) is 2. The Morgan fingerprint density at radius 1 is 0.855 bits per heavy atom. The molecule has 340 valence electrons. The van der Waals surface area contributed by atoms with E-state index in [1.54, 1.807) is 30.6 Å². The number of urea groups is 1. The van der Waals surface area contributed by atoms with Gasteiger partial charge < -0.3 is 45.9 Å². The average molecular weight is 882 g/mol. The van der Waals surface area contributed by atoms with Gasteiger partial charge in [0.25, 0.3) is 0 Å². The number of piperidine rings is 1. The molecule has 0 radical (unpaired) electrons. The number of benzene rings is 2. The molecular formula is C41H52F5N7O9. The molecule has 4 heterocycles. The summed E-state index contributed by atoms with van der Waals surface area (Å²) in [5.74, 6) is -3.74. The number of nitrogens with one attached hydrogen (secondary N) is 3. The second kappa shape index (κ2) is 21.7. The molecule has 62 heavy (non-hydrogen) atoms. The lowest BCUT2D eigenvalue weighted by Crippen LogP contribution is -2.59. The average Bonchev–Trinajstić information content (AvgIpc) is 3.84. The number of carbonyl (C=O) groups is 7. The SMILES string of the molecule is CC1CC2C(=O)OC(C)CC(=O)N3CCCC3C(=O)N3CCCCC3C(=O)NC(C)C(=O)N2C1.Cc1cc(F)cc(F)c1.NC(=O)CNC(=O)Nc1ccc(OC(F)(F)F)cc1. The molecule has 21 heteroatoms. The van der Waals surface area contributed by atoms with Gasteiger partial charge in [0.1, 0.15) is 47.7 Å². The topological polar surface area (TPSA) is 210 Å². The van der Waals surface area contributed by atoms with Crippen LogP contribution in [0.25, 0.3) is 0 Å². The van der Waals surface area contributed by atoms with Crippen LogP contribution >= 0.6 is 0 Å². The Kier molecular flexibility index (Phi) is 17.0. The van der Waals surface area contributed by atoms with Crippen LogP contribution in [0.5, 0.6) is 5.75 Å². The van der Waals surface area contributed by atoms with Crippen molar-refractivity contribution in [3.8, 4) is 5.75 Å². The highest BCUT2D eigenvalue weighted by molar-refractivity contribution is 5.96. The molecule has 0 aromatic heterocycles. The zero-order valence-electron chi connectivity index (χ0n) is 34.8. The van der Waals surface area contributed by atoms with E-state index in [2.05, 4.69) is 20.7 Å². The fourth-order valence-corrected chi connectivity index (χ4v) is 7.57. The van der Waals surface area contributed by atoms with Gasteiger partial charge in [-0.2, -0.15) is 0 Å². The Morgan fingerprint density at radius 2 is 1.48 bits per heavy atom. The molecule has 4 aliphatic heterocycles. The number of nitrogens with two attached hydrogens (primary N) is 1. The molecule has 2 aromatic rings.